The molecule has 1 aromatic heterocycles. The monoisotopic (exact) mass is 301 g/mol. The third kappa shape index (κ3) is 2.45. The van der Waals surface area contributed by atoms with Crippen LogP contribution in [0.5, 0.6) is 0 Å². The van der Waals surface area contributed by atoms with Crippen LogP contribution >= 0.6 is 0 Å². The summed E-state index contributed by atoms with van der Waals surface area (Å²) in [4.78, 5) is 11.8. The van der Waals surface area contributed by atoms with E-state index in [9.17, 15) is 4.55 Å². The first-order chi connectivity index (χ1) is 10.3. The normalized spacial score (nSPS) is 25.5. The molecule has 0 spiro atoms. The standard InChI is InChI=1S/C15H15N3O2S/c19-21(15-17-12-3-1-2-4-13(12)18-15)9-11-7-10-8-16-6-5-14(10)20-11/h1-6,10-11H,7-9H2,(H,17,18). The van der Waals surface area contributed by atoms with Gasteiger partial charge in [0.25, 0.3) is 0 Å². The lowest BCUT2D eigenvalue weighted by molar-refractivity contribution is 0.179. The number of aromatic amines is 1. The van der Waals surface area contributed by atoms with Crippen LogP contribution in [0.3, 0.4) is 0 Å². The number of allylic oxidation sites excluding steroid dienone is 1. The molecular weight excluding hydrogens is 286 g/mol. The molecule has 5 nitrogen and oxygen atoms in total. The van der Waals surface area contributed by atoms with Gasteiger partial charge in [-0.25, -0.2) is 0 Å². The van der Waals surface area contributed by atoms with Crippen LogP contribution in [-0.4, -0.2) is 39.1 Å². The van der Waals surface area contributed by atoms with Gasteiger partial charge in [0.2, 0.25) is 0 Å². The van der Waals surface area contributed by atoms with Crippen molar-refractivity contribution in [1.82, 2.24) is 9.97 Å². The number of ether oxygens (including phenoxy) is 1. The molecule has 0 amide bonds. The van der Waals surface area contributed by atoms with Crippen LogP contribution in [0.15, 0.2) is 46.2 Å². The Kier molecular flexibility index (Phi) is 3.20. The van der Waals surface area contributed by atoms with E-state index in [-0.39, 0.29) is 6.10 Å². The minimum Gasteiger partial charge on any atom is -0.609 e. The van der Waals surface area contributed by atoms with E-state index >= 15 is 0 Å². The third-order valence-corrected chi connectivity index (χ3v) is 5.14. The highest BCUT2D eigenvalue weighted by Crippen LogP contribution is 2.32. The Labute approximate surface area is 125 Å². The summed E-state index contributed by atoms with van der Waals surface area (Å²) >= 11 is -1.18. The van der Waals surface area contributed by atoms with Crippen molar-refractivity contribution in [3.05, 3.63) is 36.1 Å². The molecule has 0 aliphatic carbocycles. The molecule has 4 rings (SSSR count). The second kappa shape index (κ2) is 5.20. The van der Waals surface area contributed by atoms with Crippen LogP contribution in [0.4, 0.5) is 0 Å². The van der Waals surface area contributed by atoms with E-state index in [2.05, 4.69) is 15.0 Å². The minimum absolute atomic E-state index is 0.0167. The van der Waals surface area contributed by atoms with Crippen molar-refractivity contribution < 1.29 is 9.29 Å². The van der Waals surface area contributed by atoms with Gasteiger partial charge in [0, 0.05) is 36.3 Å². The molecule has 1 saturated heterocycles. The van der Waals surface area contributed by atoms with E-state index in [1.165, 1.54) is 0 Å². The maximum absolute atomic E-state index is 12.5. The second-order valence-corrected chi connectivity index (χ2v) is 6.74. The highest BCUT2D eigenvalue weighted by Gasteiger charge is 2.35. The molecule has 0 bridgehead atoms. The van der Waals surface area contributed by atoms with Gasteiger partial charge in [-0.15, -0.1) is 0 Å². The van der Waals surface area contributed by atoms with Gasteiger partial charge in [-0.3, -0.25) is 9.98 Å². The lowest BCUT2D eigenvalue weighted by Crippen LogP contribution is -2.21. The molecule has 2 aliphatic rings. The van der Waals surface area contributed by atoms with Gasteiger partial charge in [0.05, 0.1) is 11.0 Å². The summed E-state index contributed by atoms with van der Waals surface area (Å²) in [6.45, 7) is 0.777. The van der Waals surface area contributed by atoms with Gasteiger partial charge < -0.3 is 9.29 Å². The van der Waals surface area contributed by atoms with E-state index in [0.29, 0.717) is 16.8 Å². The summed E-state index contributed by atoms with van der Waals surface area (Å²) in [5.74, 6) is 1.80. The molecule has 3 atom stereocenters. The number of fused-ring (bicyclic) bond motifs is 2. The van der Waals surface area contributed by atoms with Crippen molar-refractivity contribution in [3.63, 3.8) is 0 Å². The molecule has 108 valence electrons. The topological polar surface area (TPSA) is 73.3 Å². The smallest absolute Gasteiger partial charge is 0.321 e. The summed E-state index contributed by atoms with van der Waals surface area (Å²) in [6.07, 6.45) is 4.56. The number of para-hydroxylation sites is 2. The summed E-state index contributed by atoms with van der Waals surface area (Å²) in [5, 5.41) is 0.528. The van der Waals surface area contributed by atoms with E-state index in [1.807, 2.05) is 30.3 Å². The number of dihydropyridines is 1. The third-order valence-electron chi connectivity index (χ3n) is 3.84. The first-order valence-corrected chi connectivity index (χ1v) is 8.31. The molecule has 0 radical (unpaired) electrons. The minimum atomic E-state index is -1.18. The van der Waals surface area contributed by atoms with Crippen molar-refractivity contribution >= 4 is 28.4 Å². The number of imidazole rings is 1. The van der Waals surface area contributed by atoms with Crippen LogP contribution in [0, 0.1) is 5.92 Å². The number of hydrogen-bond acceptors (Lipinski definition) is 4. The second-order valence-electron chi connectivity index (χ2n) is 5.33. The molecule has 1 fully saturated rings. The van der Waals surface area contributed by atoms with Gasteiger partial charge >= 0.3 is 5.16 Å². The zero-order valence-electron chi connectivity index (χ0n) is 11.4. The van der Waals surface area contributed by atoms with Crippen LogP contribution in [0.1, 0.15) is 6.42 Å². The predicted molar refractivity (Wildman–Crippen MR) is 81.8 cm³/mol. The average molecular weight is 301 g/mol. The zero-order valence-corrected chi connectivity index (χ0v) is 12.2. The Balaban J connectivity index is 1.47. The summed E-state index contributed by atoms with van der Waals surface area (Å²) in [6, 6.07) is 7.71. The number of rotatable bonds is 3. The maximum atomic E-state index is 12.5. The molecule has 21 heavy (non-hydrogen) atoms. The number of nitrogens with zero attached hydrogens (tertiary/aromatic N) is 2. The molecular formula is C15H15N3O2S. The highest BCUT2D eigenvalue weighted by atomic mass is 32.2. The number of hydrogen-bond donors (Lipinski definition) is 1. The molecule has 2 aromatic rings. The van der Waals surface area contributed by atoms with Crippen LogP contribution in [0.25, 0.3) is 11.0 Å². The average Bonchev–Trinajstić information content (AvgIpc) is 3.10. The Bertz CT molecular complexity index is 692. The van der Waals surface area contributed by atoms with Crippen LogP contribution < -0.4 is 0 Å². The van der Waals surface area contributed by atoms with Crippen molar-refractivity contribution in [2.45, 2.75) is 17.7 Å². The largest absolute Gasteiger partial charge is 0.609 e. The fourth-order valence-corrected chi connectivity index (χ4v) is 3.94. The van der Waals surface area contributed by atoms with Crippen molar-refractivity contribution in [2.24, 2.45) is 10.9 Å². The molecule has 1 N–H and O–H groups in total. The number of aliphatic imine (C=N–C) groups is 1. The molecule has 2 aliphatic heterocycles. The fourth-order valence-electron chi connectivity index (χ4n) is 2.81. The fraction of sp³-hybridized carbons (Fsp3) is 0.333. The van der Waals surface area contributed by atoms with Gasteiger partial charge in [0.15, 0.2) is 5.75 Å². The summed E-state index contributed by atoms with van der Waals surface area (Å²) in [5.41, 5.74) is 1.76. The van der Waals surface area contributed by atoms with Crippen molar-refractivity contribution in [1.29, 1.82) is 0 Å². The number of nitrogens with one attached hydrogen (secondary N) is 1. The van der Waals surface area contributed by atoms with Crippen molar-refractivity contribution in [3.8, 4) is 0 Å². The van der Waals surface area contributed by atoms with E-state index < -0.39 is 11.2 Å². The van der Waals surface area contributed by atoms with Crippen LogP contribution in [-0.2, 0) is 15.9 Å². The first-order valence-electron chi connectivity index (χ1n) is 6.99. The maximum Gasteiger partial charge on any atom is 0.321 e. The Morgan fingerprint density at radius 1 is 1.38 bits per heavy atom. The SMILES string of the molecule is [O-][S+](CC1CC2CN=CC=C2O1)c1nc2ccccc2[nH]1. The zero-order chi connectivity index (χ0) is 14.2. The number of aromatic nitrogens is 2. The van der Waals surface area contributed by atoms with E-state index in [0.717, 1.165) is 29.8 Å². The number of H-pyrrole nitrogens is 1. The number of benzene rings is 1. The molecule has 1 aromatic carbocycles. The van der Waals surface area contributed by atoms with Gasteiger partial charge in [-0.1, -0.05) is 12.1 Å². The van der Waals surface area contributed by atoms with Crippen LogP contribution in [0.2, 0.25) is 0 Å². The van der Waals surface area contributed by atoms with Gasteiger partial charge in [0.1, 0.15) is 11.9 Å². The summed E-state index contributed by atoms with van der Waals surface area (Å²) < 4.78 is 18.3. The quantitative estimate of drug-likeness (QED) is 0.882. The Morgan fingerprint density at radius 3 is 3.14 bits per heavy atom. The van der Waals surface area contributed by atoms with E-state index in [1.54, 1.807) is 6.21 Å². The predicted octanol–water partition coefficient (Wildman–Crippen LogP) is 2.04. The molecule has 6 heteroatoms. The highest BCUT2D eigenvalue weighted by molar-refractivity contribution is 7.91. The molecule has 3 unspecified atom stereocenters. The summed E-state index contributed by atoms with van der Waals surface area (Å²) in [7, 11) is 0. The Morgan fingerprint density at radius 2 is 2.29 bits per heavy atom. The van der Waals surface area contributed by atoms with Crippen molar-refractivity contribution in [2.75, 3.05) is 12.3 Å². The molecule has 3 heterocycles. The van der Waals surface area contributed by atoms with Gasteiger partial charge in [-0.05, 0) is 18.2 Å². The van der Waals surface area contributed by atoms with Gasteiger partial charge in [-0.2, -0.15) is 4.98 Å². The first kappa shape index (κ1) is 12.9. The lowest BCUT2D eigenvalue weighted by Gasteiger charge is -2.12. The molecule has 0 saturated carbocycles. The lowest BCUT2D eigenvalue weighted by atomic mass is 10.0. The van der Waals surface area contributed by atoms with E-state index in [4.69, 9.17) is 4.74 Å². The Hall–Kier alpha value is -1.79.